The topological polar surface area (TPSA) is 129 Å². The zero-order chi connectivity index (χ0) is 26.6. The van der Waals surface area contributed by atoms with Gasteiger partial charge in [-0.05, 0) is 6.42 Å². The number of nitrogens with zero attached hydrogens (tertiary/aromatic N) is 8. The lowest BCUT2D eigenvalue weighted by atomic mass is 9.91. The van der Waals surface area contributed by atoms with Crippen LogP contribution in [0.3, 0.4) is 0 Å². The molecule has 0 radical (unpaired) electrons. The Labute approximate surface area is 223 Å². The molecule has 0 bridgehead atoms. The van der Waals surface area contributed by atoms with E-state index in [1.807, 2.05) is 22.4 Å². The van der Waals surface area contributed by atoms with Gasteiger partial charge in [0.2, 0.25) is 5.95 Å². The summed E-state index contributed by atoms with van der Waals surface area (Å²) in [5.41, 5.74) is 2.59. The molecule has 6 heterocycles. The molecule has 5 aromatic rings. The van der Waals surface area contributed by atoms with Gasteiger partial charge in [-0.15, -0.1) is 0 Å². The maximum absolute atomic E-state index is 9.80. The number of rotatable bonds is 6. The van der Waals surface area contributed by atoms with Gasteiger partial charge >= 0.3 is 0 Å². The smallest absolute Gasteiger partial charge is 0.210 e. The van der Waals surface area contributed by atoms with E-state index in [9.17, 15) is 5.11 Å². The van der Waals surface area contributed by atoms with E-state index in [4.69, 9.17) is 26.2 Å². The molecular formula is C25H28ClN9O3. The number of hydrogen-bond acceptors (Lipinski definition) is 9. The van der Waals surface area contributed by atoms with E-state index in [2.05, 4.69) is 46.1 Å². The highest BCUT2D eigenvalue weighted by atomic mass is 35.5. The van der Waals surface area contributed by atoms with Crippen LogP contribution in [0.2, 0.25) is 5.02 Å². The number of aliphatic hydroxyl groups excluding tert-OH is 1. The summed E-state index contributed by atoms with van der Waals surface area (Å²) < 4.78 is 17.1. The minimum Gasteiger partial charge on any atom is -0.452 e. The molecule has 1 fully saturated rings. The number of aryl methyl sites for hydroxylation is 1. The second-order valence-electron chi connectivity index (χ2n) is 10.3. The van der Waals surface area contributed by atoms with Crippen LogP contribution >= 0.6 is 11.6 Å². The maximum atomic E-state index is 9.80. The fraction of sp³-hybridized carbons (Fsp3) is 0.400. The second kappa shape index (κ2) is 9.22. The predicted octanol–water partition coefficient (Wildman–Crippen LogP) is 4.02. The first-order chi connectivity index (χ1) is 18.2. The van der Waals surface area contributed by atoms with Crippen molar-refractivity contribution < 1.29 is 14.6 Å². The average Bonchev–Trinajstić information content (AvgIpc) is 3.66. The Kier molecular flexibility index (Phi) is 5.97. The highest BCUT2D eigenvalue weighted by molar-refractivity contribution is 6.36. The van der Waals surface area contributed by atoms with Gasteiger partial charge in [-0.25, -0.2) is 14.5 Å². The van der Waals surface area contributed by atoms with E-state index in [-0.39, 0.29) is 24.2 Å². The Hall–Kier alpha value is -3.74. The molecule has 198 valence electrons. The molecule has 1 saturated heterocycles. The Morgan fingerprint density at radius 1 is 1.24 bits per heavy atom. The molecule has 38 heavy (non-hydrogen) atoms. The van der Waals surface area contributed by atoms with Crippen molar-refractivity contribution in [2.75, 3.05) is 18.5 Å². The zero-order valence-corrected chi connectivity index (χ0v) is 22.2. The number of fused-ring (bicyclic) bond motifs is 2. The molecule has 2 N–H and O–H groups in total. The molecule has 0 aliphatic carbocycles. The number of hydrogen-bond donors (Lipinski definition) is 2. The summed E-state index contributed by atoms with van der Waals surface area (Å²) in [5, 5.41) is 22.6. The lowest BCUT2D eigenvalue weighted by molar-refractivity contribution is 0.0391. The molecule has 0 spiro atoms. The van der Waals surface area contributed by atoms with Crippen LogP contribution in [0.5, 0.6) is 11.5 Å². The Balaban J connectivity index is 1.32. The van der Waals surface area contributed by atoms with Crippen LogP contribution in [-0.4, -0.2) is 63.3 Å². The quantitative estimate of drug-likeness (QED) is 0.330. The van der Waals surface area contributed by atoms with Gasteiger partial charge in [-0.3, -0.25) is 4.68 Å². The van der Waals surface area contributed by atoms with E-state index in [1.165, 1.54) is 0 Å². The van der Waals surface area contributed by atoms with Crippen LogP contribution in [0.25, 0.3) is 16.8 Å². The standard InChI is InChI=1S/C25H28ClN9O3/c1-25(2,3)18-10-19(32-35(18)15-5-8-37-17(15)13-36)30-24-31-23-22(33(24)4)21(26)16(12-28-23)38-14-9-20-27-6-7-34(20)29-11-14/h6-7,9-12,15,17,36H,5,8,13H2,1-4H3,(H,28,30,31,32). The Bertz CT molecular complexity index is 1630. The van der Waals surface area contributed by atoms with Crippen LogP contribution < -0.4 is 10.1 Å². The molecule has 2 atom stereocenters. The molecule has 0 amide bonds. The van der Waals surface area contributed by atoms with Gasteiger partial charge < -0.3 is 24.5 Å². The van der Waals surface area contributed by atoms with Gasteiger partial charge in [-0.2, -0.15) is 15.2 Å². The van der Waals surface area contributed by atoms with Gasteiger partial charge in [0.1, 0.15) is 16.6 Å². The third-order valence-corrected chi connectivity index (χ3v) is 7.04. The number of anilines is 2. The van der Waals surface area contributed by atoms with E-state index in [0.29, 0.717) is 51.7 Å². The van der Waals surface area contributed by atoms with Gasteiger partial charge in [0.25, 0.3) is 0 Å². The van der Waals surface area contributed by atoms with Gasteiger partial charge in [0.05, 0.1) is 25.0 Å². The fourth-order valence-electron chi connectivity index (χ4n) is 4.75. The monoisotopic (exact) mass is 537 g/mol. The molecule has 2 unspecified atom stereocenters. The molecule has 0 aromatic carbocycles. The van der Waals surface area contributed by atoms with Gasteiger partial charge in [0, 0.05) is 49.3 Å². The molecule has 12 nitrogen and oxygen atoms in total. The lowest BCUT2D eigenvalue weighted by Crippen LogP contribution is -2.29. The molecule has 6 rings (SSSR count). The summed E-state index contributed by atoms with van der Waals surface area (Å²) in [7, 11) is 1.85. The minimum atomic E-state index is -0.287. The number of aromatic nitrogens is 8. The van der Waals surface area contributed by atoms with E-state index < -0.39 is 0 Å². The van der Waals surface area contributed by atoms with Crippen molar-refractivity contribution in [1.82, 2.24) is 38.9 Å². The van der Waals surface area contributed by atoms with Crippen LogP contribution in [0.4, 0.5) is 11.8 Å². The van der Waals surface area contributed by atoms with Crippen LogP contribution in [-0.2, 0) is 17.2 Å². The summed E-state index contributed by atoms with van der Waals surface area (Å²) in [6.45, 7) is 6.94. The van der Waals surface area contributed by atoms with E-state index in [0.717, 1.165) is 12.1 Å². The normalized spacial score (nSPS) is 18.1. The first kappa shape index (κ1) is 24.6. The molecular weight excluding hydrogens is 510 g/mol. The molecule has 5 aromatic heterocycles. The second-order valence-corrected chi connectivity index (χ2v) is 10.7. The number of aliphatic hydroxyl groups is 1. The zero-order valence-electron chi connectivity index (χ0n) is 21.5. The predicted molar refractivity (Wildman–Crippen MR) is 141 cm³/mol. The molecule has 1 aliphatic rings. The third kappa shape index (κ3) is 4.24. The number of pyridine rings is 1. The molecule has 0 saturated carbocycles. The van der Waals surface area contributed by atoms with Crippen molar-refractivity contribution >= 4 is 40.2 Å². The number of imidazole rings is 2. The lowest BCUT2D eigenvalue weighted by Gasteiger charge is -2.25. The fourth-order valence-corrected chi connectivity index (χ4v) is 5.04. The Morgan fingerprint density at radius 3 is 2.87 bits per heavy atom. The molecule has 13 heteroatoms. The maximum Gasteiger partial charge on any atom is 0.210 e. The summed E-state index contributed by atoms with van der Waals surface area (Å²) in [6.07, 6.45) is 7.04. The summed E-state index contributed by atoms with van der Waals surface area (Å²) in [4.78, 5) is 13.3. The van der Waals surface area contributed by atoms with Crippen molar-refractivity contribution in [3.05, 3.63) is 47.6 Å². The largest absolute Gasteiger partial charge is 0.452 e. The van der Waals surface area contributed by atoms with Gasteiger partial charge in [0.15, 0.2) is 28.6 Å². The first-order valence-corrected chi connectivity index (χ1v) is 12.7. The van der Waals surface area contributed by atoms with Crippen LogP contribution in [0.15, 0.2) is 36.9 Å². The van der Waals surface area contributed by atoms with Gasteiger partial charge in [-0.1, -0.05) is 32.4 Å². The highest BCUT2D eigenvalue weighted by Crippen LogP contribution is 2.37. The van der Waals surface area contributed by atoms with E-state index in [1.54, 1.807) is 35.4 Å². The number of halogens is 1. The first-order valence-electron chi connectivity index (χ1n) is 12.3. The van der Waals surface area contributed by atoms with Crippen molar-refractivity contribution in [3.8, 4) is 11.5 Å². The Morgan fingerprint density at radius 2 is 2.08 bits per heavy atom. The number of ether oxygens (including phenoxy) is 2. The van der Waals surface area contributed by atoms with Crippen molar-refractivity contribution in [1.29, 1.82) is 0 Å². The SMILES string of the molecule is Cn1c(Nc2cc(C(C)(C)C)n(C3CCOC3CO)n2)nc2ncc(Oc3cnn4ccnc4c3)c(Cl)c21. The highest BCUT2D eigenvalue weighted by Gasteiger charge is 2.34. The van der Waals surface area contributed by atoms with E-state index >= 15 is 0 Å². The average molecular weight is 538 g/mol. The summed E-state index contributed by atoms with van der Waals surface area (Å²) in [6, 6.07) is 3.73. The number of nitrogens with one attached hydrogen (secondary N) is 1. The van der Waals surface area contributed by atoms with Crippen molar-refractivity contribution in [2.45, 2.75) is 44.8 Å². The van der Waals surface area contributed by atoms with Crippen molar-refractivity contribution in [2.24, 2.45) is 7.05 Å². The summed E-state index contributed by atoms with van der Waals surface area (Å²) in [5.74, 6) is 2.02. The summed E-state index contributed by atoms with van der Waals surface area (Å²) >= 11 is 6.77. The van der Waals surface area contributed by atoms with Crippen LogP contribution in [0, 0.1) is 0 Å². The van der Waals surface area contributed by atoms with Crippen molar-refractivity contribution in [3.63, 3.8) is 0 Å². The third-order valence-electron chi connectivity index (χ3n) is 6.68. The minimum absolute atomic E-state index is 0.0447. The van der Waals surface area contributed by atoms with Crippen LogP contribution in [0.1, 0.15) is 38.9 Å². The molecule has 1 aliphatic heterocycles.